The van der Waals surface area contributed by atoms with E-state index >= 15 is 0 Å². The average molecular weight is 404 g/mol. The lowest BCUT2D eigenvalue weighted by Gasteiger charge is -2.33. The molecule has 29 heavy (non-hydrogen) atoms. The van der Waals surface area contributed by atoms with Gasteiger partial charge in [0.05, 0.1) is 6.61 Å². The minimum absolute atomic E-state index is 0.243. The lowest BCUT2D eigenvalue weighted by molar-refractivity contribution is -0.160. The Balaban J connectivity index is 1.81. The Morgan fingerprint density at radius 2 is 1.86 bits per heavy atom. The van der Waals surface area contributed by atoms with E-state index in [-0.39, 0.29) is 13.2 Å². The van der Waals surface area contributed by atoms with Gasteiger partial charge in [-0.15, -0.1) is 0 Å². The van der Waals surface area contributed by atoms with E-state index in [1.807, 2.05) is 19.9 Å². The van der Waals surface area contributed by atoms with Crippen LogP contribution >= 0.6 is 0 Å². The zero-order valence-corrected chi connectivity index (χ0v) is 17.2. The third-order valence-electron chi connectivity index (χ3n) is 4.90. The predicted octanol–water partition coefficient (Wildman–Crippen LogP) is 1.52. The van der Waals surface area contributed by atoms with Gasteiger partial charge in [0, 0.05) is 12.1 Å². The number of amides is 2. The fraction of sp³-hybridized carbons (Fsp3) is 0.524. The van der Waals surface area contributed by atoms with Crippen molar-refractivity contribution in [1.82, 2.24) is 10.2 Å². The summed E-state index contributed by atoms with van der Waals surface area (Å²) in [6.07, 6.45) is 2.14. The van der Waals surface area contributed by atoms with Crippen molar-refractivity contribution in [3.63, 3.8) is 0 Å². The number of nitrogens with one attached hydrogen (secondary N) is 1. The van der Waals surface area contributed by atoms with E-state index in [4.69, 9.17) is 9.47 Å². The zero-order chi connectivity index (χ0) is 21.4. The molecule has 0 saturated carbocycles. The van der Waals surface area contributed by atoms with Gasteiger partial charge in [-0.1, -0.05) is 6.07 Å². The van der Waals surface area contributed by atoms with Gasteiger partial charge in [-0.05, 0) is 63.3 Å². The summed E-state index contributed by atoms with van der Waals surface area (Å²) < 4.78 is 10.00. The molecule has 1 aliphatic rings. The number of piperidine rings is 1. The zero-order valence-electron chi connectivity index (χ0n) is 17.2. The molecule has 8 heteroatoms. The Bertz CT molecular complexity index is 776. The first kappa shape index (κ1) is 22.4. The van der Waals surface area contributed by atoms with Crippen molar-refractivity contribution in [1.29, 1.82) is 0 Å². The smallest absolute Gasteiger partial charge is 0.328 e. The topological polar surface area (TPSA) is 102 Å². The molecule has 158 valence electrons. The molecule has 1 aromatic carbocycles. The molecule has 2 amide bonds. The second kappa shape index (κ2) is 10.6. The highest BCUT2D eigenvalue weighted by Gasteiger charge is 2.33. The summed E-state index contributed by atoms with van der Waals surface area (Å²) in [5.41, 5.74) is 2.49. The summed E-state index contributed by atoms with van der Waals surface area (Å²) in [4.78, 5) is 49.9. The van der Waals surface area contributed by atoms with E-state index in [9.17, 15) is 19.2 Å². The molecular weight excluding hydrogens is 376 g/mol. The molecule has 8 nitrogen and oxygen atoms in total. The van der Waals surface area contributed by atoms with E-state index < -0.39 is 36.4 Å². The maximum atomic E-state index is 12.4. The van der Waals surface area contributed by atoms with Crippen LogP contribution in [0.15, 0.2) is 18.2 Å². The number of likely N-dealkylation sites (tertiary alicyclic amines) is 1. The SMILES string of the molecule is CCOC(=O)[C@H]1CCCCN1C(=O)COC(=O)CNC(=O)c1ccc(C)c(C)c1. The van der Waals surface area contributed by atoms with Crippen molar-refractivity contribution in [3.8, 4) is 0 Å². The molecule has 1 saturated heterocycles. The Morgan fingerprint density at radius 3 is 2.55 bits per heavy atom. The van der Waals surface area contributed by atoms with Crippen molar-refractivity contribution in [3.05, 3.63) is 34.9 Å². The van der Waals surface area contributed by atoms with Crippen LogP contribution in [0.1, 0.15) is 47.7 Å². The quantitative estimate of drug-likeness (QED) is 0.692. The lowest BCUT2D eigenvalue weighted by Crippen LogP contribution is -2.50. The van der Waals surface area contributed by atoms with E-state index in [0.29, 0.717) is 18.5 Å². The summed E-state index contributed by atoms with van der Waals surface area (Å²) in [5, 5.41) is 2.48. The van der Waals surface area contributed by atoms with E-state index in [0.717, 1.165) is 24.0 Å². The number of rotatable bonds is 7. The maximum absolute atomic E-state index is 12.4. The third-order valence-corrected chi connectivity index (χ3v) is 4.90. The highest BCUT2D eigenvalue weighted by atomic mass is 16.5. The first-order chi connectivity index (χ1) is 13.8. The highest BCUT2D eigenvalue weighted by Crippen LogP contribution is 2.18. The van der Waals surface area contributed by atoms with Crippen LogP contribution in [0.2, 0.25) is 0 Å². The first-order valence-corrected chi connectivity index (χ1v) is 9.80. The molecule has 1 fully saturated rings. The van der Waals surface area contributed by atoms with Gasteiger partial charge in [-0.3, -0.25) is 14.4 Å². The van der Waals surface area contributed by atoms with Gasteiger partial charge >= 0.3 is 11.9 Å². The molecule has 0 aliphatic carbocycles. The molecule has 1 N–H and O–H groups in total. The van der Waals surface area contributed by atoms with Crippen LogP contribution in [0.25, 0.3) is 0 Å². The molecule has 1 atom stereocenters. The molecule has 0 bridgehead atoms. The van der Waals surface area contributed by atoms with E-state index in [2.05, 4.69) is 5.32 Å². The van der Waals surface area contributed by atoms with Crippen LogP contribution in [-0.2, 0) is 23.9 Å². The van der Waals surface area contributed by atoms with Gasteiger partial charge in [-0.25, -0.2) is 4.79 Å². The van der Waals surface area contributed by atoms with Gasteiger partial charge in [-0.2, -0.15) is 0 Å². The molecule has 0 unspecified atom stereocenters. The molecule has 0 aromatic heterocycles. The lowest BCUT2D eigenvalue weighted by atomic mass is 10.0. The van der Waals surface area contributed by atoms with E-state index in [1.54, 1.807) is 19.1 Å². The van der Waals surface area contributed by atoms with Gasteiger partial charge in [0.15, 0.2) is 6.61 Å². The molecule has 2 rings (SSSR count). The monoisotopic (exact) mass is 404 g/mol. The number of carbonyl (C=O) groups is 4. The first-order valence-electron chi connectivity index (χ1n) is 9.80. The summed E-state index contributed by atoms with van der Waals surface area (Å²) in [5.74, 6) is -2.00. The molecular formula is C21H28N2O6. The maximum Gasteiger partial charge on any atom is 0.328 e. The summed E-state index contributed by atoms with van der Waals surface area (Å²) in [6.45, 7) is 5.39. The van der Waals surface area contributed by atoms with Crippen LogP contribution in [0.4, 0.5) is 0 Å². The third kappa shape index (κ3) is 6.30. The van der Waals surface area contributed by atoms with Crippen molar-refractivity contribution < 1.29 is 28.7 Å². The Labute approximate surface area is 170 Å². The largest absolute Gasteiger partial charge is 0.464 e. The van der Waals surface area contributed by atoms with Crippen molar-refractivity contribution in [2.45, 2.75) is 46.1 Å². The normalized spacial score (nSPS) is 16.1. The molecule has 1 aliphatic heterocycles. The second-order valence-electron chi connectivity index (χ2n) is 6.99. The summed E-state index contributed by atoms with van der Waals surface area (Å²) >= 11 is 0. The van der Waals surface area contributed by atoms with Crippen LogP contribution in [-0.4, -0.2) is 61.0 Å². The number of nitrogens with zero attached hydrogens (tertiary/aromatic N) is 1. The molecule has 1 aromatic rings. The van der Waals surface area contributed by atoms with Crippen molar-refractivity contribution in [2.24, 2.45) is 0 Å². The second-order valence-corrected chi connectivity index (χ2v) is 6.99. The highest BCUT2D eigenvalue weighted by molar-refractivity contribution is 5.96. The Hall–Kier alpha value is -2.90. The number of aryl methyl sites for hydroxylation is 2. The molecule has 1 heterocycles. The number of ether oxygens (including phenoxy) is 2. The fourth-order valence-electron chi connectivity index (χ4n) is 3.13. The van der Waals surface area contributed by atoms with Gasteiger partial charge in [0.25, 0.3) is 11.8 Å². The number of hydrogen-bond donors (Lipinski definition) is 1. The average Bonchev–Trinajstić information content (AvgIpc) is 2.72. The number of benzene rings is 1. The number of carbonyl (C=O) groups excluding carboxylic acids is 4. The summed E-state index contributed by atoms with van der Waals surface area (Å²) in [6, 6.07) is 4.61. The minimum Gasteiger partial charge on any atom is -0.464 e. The standard InChI is InChI=1S/C21H28N2O6/c1-4-28-21(27)17-7-5-6-10-23(17)18(24)13-29-19(25)12-22-20(26)16-9-8-14(2)15(3)11-16/h8-9,11,17H,4-7,10,12-13H2,1-3H3,(H,22,26)/t17-/m1/s1. The van der Waals surface area contributed by atoms with Crippen LogP contribution < -0.4 is 5.32 Å². The van der Waals surface area contributed by atoms with Crippen LogP contribution in [0, 0.1) is 13.8 Å². The predicted molar refractivity (Wildman–Crippen MR) is 105 cm³/mol. The Kier molecular flexibility index (Phi) is 8.18. The van der Waals surface area contributed by atoms with Crippen LogP contribution in [0.5, 0.6) is 0 Å². The van der Waals surface area contributed by atoms with Crippen LogP contribution in [0.3, 0.4) is 0 Å². The van der Waals surface area contributed by atoms with Crippen molar-refractivity contribution >= 4 is 23.8 Å². The summed E-state index contributed by atoms with van der Waals surface area (Å²) in [7, 11) is 0. The molecule has 0 radical (unpaired) electrons. The van der Waals surface area contributed by atoms with E-state index in [1.165, 1.54) is 4.90 Å². The van der Waals surface area contributed by atoms with Crippen molar-refractivity contribution in [2.75, 3.05) is 26.3 Å². The number of hydrogen-bond acceptors (Lipinski definition) is 6. The van der Waals surface area contributed by atoms with Gasteiger partial charge in [0.1, 0.15) is 12.6 Å². The van der Waals surface area contributed by atoms with Gasteiger partial charge in [0.2, 0.25) is 0 Å². The van der Waals surface area contributed by atoms with Gasteiger partial charge < -0.3 is 19.7 Å². The molecule has 0 spiro atoms. The fourth-order valence-corrected chi connectivity index (χ4v) is 3.13. The minimum atomic E-state index is -0.722. The Morgan fingerprint density at radius 1 is 1.10 bits per heavy atom. The number of esters is 2.